The van der Waals surface area contributed by atoms with E-state index in [2.05, 4.69) is 26.0 Å². The molecule has 6 heteroatoms. The fourth-order valence-electron chi connectivity index (χ4n) is 1.21. The summed E-state index contributed by atoms with van der Waals surface area (Å²) in [5.41, 5.74) is 6.01. The molecule has 0 radical (unpaired) electrons. The molecule has 0 unspecified atom stereocenters. The molecule has 2 rings (SSSR count). The topological polar surface area (TPSA) is 80.6 Å². The summed E-state index contributed by atoms with van der Waals surface area (Å²) in [7, 11) is 0. The quantitative estimate of drug-likeness (QED) is 0.635. The molecule has 0 spiro atoms. The van der Waals surface area contributed by atoms with Crippen LogP contribution in [0.5, 0.6) is 0 Å². The molecule has 0 fully saturated rings. The Labute approximate surface area is 94.6 Å². The Bertz CT molecular complexity index is 505. The molecule has 0 atom stereocenters. The van der Waals surface area contributed by atoms with E-state index in [1.54, 1.807) is 35.4 Å². The molecule has 0 aliphatic carbocycles. The van der Waals surface area contributed by atoms with Crippen LogP contribution in [-0.2, 0) is 0 Å². The Balaban J connectivity index is 2.57. The molecule has 0 bridgehead atoms. The van der Waals surface area contributed by atoms with Crippen molar-refractivity contribution in [3.63, 3.8) is 0 Å². The summed E-state index contributed by atoms with van der Waals surface area (Å²) < 4.78 is 2.42. The van der Waals surface area contributed by atoms with Crippen LogP contribution in [-0.4, -0.2) is 20.6 Å². The van der Waals surface area contributed by atoms with Crippen molar-refractivity contribution < 1.29 is 0 Å². The standard InChI is InChI=1S/C9H8BrN5/c10-6-4-14-15(5-6)9-7(8(11)12)2-1-3-13-9/h1-5H,(H3,11,12). The number of nitrogens with zero attached hydrogens (tertiary/aromatic N) is 3. The van der Waals surface area contributed by atoms with Crippen LogP contribution in [0.3, 0.4) is 0 Å². The summed E-state index contributed by atoms with van der Waals surface area (Å²) in [5, 5.41) is 11.5. The lowest BCUT2D eigenvalue weighted by molar-refractivity contribution is 0.844. The Morgan fingerprint density at radius 3 is 2.93 bits per heavy atom. The highest BCUT2D eigenvalue weighted by Gasteiger charge is 2.08. The molecule has 2 heterocycles. The van der Waals surface area contributed by atoms with Crippen molar-refractivity contribution in [1.82, 2.24) is 14.8 Å². The zero-order chi connectivity index (χ0) is 10.8. The predicted molar refractivity (Wildman–Crippen MR) is 60.1 cm³/mol. The highest BCUT2D eigenvalue weighted by Crippen LogP contribution is 2.13. The van der Waals surface area contributed by atoms with Gasteiger partial charge >= 0.3 is 0 Å². The van der Waals surface area contributed by atoms with Gasteiger partial charge in [0.25, 0.3) is 0 Å². The number of rotatable bonds is 2. The highest BCUT2D eigenvalue weighted by molar-refractivity contribution is 9.10. The van der Waals surface area contributed by atoms with E-state index in [0.717, 1.165) is 4.47 Å². The van der Waals surface area contributed by atoms with Crippen molar-refractivity contribution in [3.05, 3.63) is 40.8 Å². The van der Waals surface area contributed by atoms with Crippen molar-refractivity contribution in [3.8, 4) is 5.82 Å². The minimum absolute atomic E-state index is 0.0234. The van der Waals surface area contributed by atoms with Crippen LogP contribution in [0, 0.1) is 5.41 Å². The van der Waals surface area contributed by atoms with Crippen molar-refractivity contribution in [2.24, 2.45) is 5.73 Å². The molecular weight excluding hydrogens is 258 g/mol. The molecule has 2 aromatic rings. The first-order chi connectivity index (χ1) is 7.18. The van der Waals surface area contributed by atoms with E-state index < -0.39 is 0 Å². The van der Waals surface area contributed by atoms with E-state index in [4.69, 9.17) is 11.1 Å². The maximum Gasteiger partial charge on any atom is 0.164 e. The molecule has 0 aromatic carbocycles. The van der Waals surface area contributed by atoms with Gasteiger partial charge in [0.1, 0.15) is 5.84 Å². The Hall–Kier alpha value is -1.69. The van der Waals surface area contributed by atoms with E-state index in [1.165, 1.54) is 0 Å². The van der Waals surface area contributed by atoms with Gasteiger partial charge in [-0.25, -0.2) is 9.67 Å². The van der Waals surface area contributed by atoms with Crippen LogP contribution in [0.15, 0.2) is 35.2 Å². The largest absolute Gasteiger partial charge is 0.384 e. The maximum absolute atomic E-state index is 7.42. The van der Waals surface area contributed by atoms with Gasteiger partial charge in [-0.1, -0.05) is 0 Å². The van der Waals surface area contributed by atoms with Crippen molar-refractivity contribution in [2.75, 3.05) is 0 Å². The van der Waals surface area contributed by atoms with Crippen LogP contribution >= 0.6 is 15.9 Å². The van der Waals surface area contributed by atoms with Gasteiger partial charge in [0.2, 0.25) is 0 Å². The fourth-order valence-corrected chi connectivity index (χ4v) is 1.49. The second kappa shape index (κ2) is 3.82. The molecule has 0 aliphatic rings. The van der Waals surface area contributed by atoms with Gasteiger partial charge in [-0.2, -0.15) is 5.10 Å². The number of pyridine rings is 1. The molecule has 0 aliphatic heterocycles. The molecular formula is C9H8BrN5. The predicted octanol–water partition coefficient (Wildman–Crippen LogP) is 1.31. The van der Waals surface area contributed by atoms with E-state index in [1.807, 2.05) is 0 Å². The Kier molecular flexibility index (Phi) is 2.51. The van der Waals surface area contributed by atoms with Gasteiger partial charge in [-0.3, -0.25) is 5.41 Å². The van der Waals surface area contributed by atoms with Crippen LogP contribution < -0.4 is 5.73 Å². The summed E-state index contributed by atoms with van der Waals surface area (Å²) in [4.78, 5) is 4.14. The molecule has 76 valence electrons. The van der Waals surface area contributed by atoms with Crippen molar-refractivity contribution in [2.45, 2.75) is 0 Å². The monoisotopic (exact) mass is 265 g/mol. The van der Waals surface area contributed by atoms with Gasteiger partial charge < -0.3 is 5.73 Å². The third-order valence-electron chi connectivity index (χ3n) is 1.84. The van der Waals surface area contributed by atoms with E-state index >= 15 is 0 Å². The summed E-state index contributed by atoms with van der Waals surface area (Å²) in [5.74, 6) is 0.528. The molecule has 15 heavy (non-hydrogen) atoms. The van der Waals surface area contributed by atoms with Gasteiger partial charge in [-0.15, -0.1) is 0 Å². The minimum Gasteiger partial charge on any atom is -0.384 e. The maximum atomic E-state index is 7.42. The molecule has 2 aromatic heterocycles. The number of amidine groups is 1. The Morgan fingerprint density at radius 1 is 1.53 bits per heavy atom. The molecule has 3 N–H and O–H groups in total. The third kappa shape index (κ3) is 1.89. The van der Waals surface area contributed by atoms with Crippen LogP contribution in [0.4, 0.5) is 0 Å². The first kappa shape index (κ1) is 9.85. The first-order valence-electron chi connectivity index (χ1n) is 4.18. The average molecular weight is 266 g/mol. The normalized spacial score (nSPS) is 10.2. The number of aromatic nitrogens is 3. The average Bonchev–Trinajstić information content (AvgIpc) is 2.65. The second-order valence-electron chi connectivity index (χ2n) is 2.89. The third-order valence-corrected chi connectivity index (χ3v) is 2.25. The number of hydrogen-bond donors (Lipinski definition) is 2. The zero-order valence-corrected chi connectivity index (χ0v) is 9.27. The highest BCUT2D eigenvalue weighted by atomic mass is 79.9. The molecule has 5 nitrogen and oxygen atoms in total. The van der Waals surface area contributed by atoms with E-state index in [9.17, 15) is 0 Å². The molecule has 0 amide bonds. The summed E-state index contributed by atoms with van der Waals surface area (Å²) in [6, 6.07) is 3.47. The number of halogens is 1. The van der Waals surface area contributed by atoms with Gasteiger partial charge in [0.05, 0.1) is 16.2 Å². The lowest BCUT2D eigenvalue weighted by atomic mass is 10.2. The summed E-state index contributed by atoms with van der Waals surface area (Å²) >= 11 is 3.29. The fraction of sp³-hybridized carbons (Fsp3) is 0. The van der Waals surface area contributed by atoms with Crippen LogP contribution in [0.2, 0.25) is 0 Å². The van der Waals surface area contributed by atoms with Gasteiger partial charge in [0.15, 0.2) is 5.82 Å². The SMILES string of the molecule is N=C(N)c1cccnc1-n1cc(Br)cn1. The van der Waals surface area contributed by atoms with Crippen LogP contribution in [0.25, 0.3) is 5.82 Å². The number of nitrogens with one attached hydrogen (secondary N) is 1. The van der Waals surface area contributed by atoms with E-state index in [0.29, 0.717) is 11.4 Å². The second-order valence-corrected chi connectivity index (χ2v) is 3.81. The summed E-state index contributed by atoms with van der Waals surface area (Å²) in [6.07, 6.45) is 5.05. The Morgan fingerprint density at radius 2 is 2.33 bits per heavy atom. The van der Waals surface area contributed by atoms with Crippen molar-refractivity contribution in [1.29, 1.82) is 5.41 Å². The molecule has 0 saturated carbocycles. The van der Waals surface area contributed by atoms with Crippen molar-refractivity contribution >= 4 is 21.8 Å². The number of nitrogen functional groups attached to an aromatic ring is 1. The smallest absolute Gasteiger partial charge is 0.164 e. The van der Waals surface area contributed by atoms with Gasteiger partial charge in [-0.05, 0) is 28.1 Å². The van der Waals surface area contributed by atoms with Gasteiger partial charge in [0, 0.05) is 12.4 Å². The van der Waals surface area contributed by atoms with E-state index in [-0.39, 0.29) is 5.84 Å². The lowest BCUT2D eigenvalue weighted by Crippen LogP contribution is -2.15. The number of hydrogen-bond acceptors (Lipinski definition) is 3. The minimum atomic E-state index is -0.0234. The first-order valence-corrected chi connectivity index (χ1v) is 4.98. The summed E-state index contributed by atoms with van der Waals surface area (Å²) in [6.45, 7) is 0. The van der Waals surface area contributed by atoms with Crippen LogP contribution in [0.1, 0.15) is 5.56 Å². The molecule has 0 saturated heterocycles. The lowest BCUT2D eigenvalue weighted by Gasteiger charge is -2.05. The zero-order valence-electron chi connectivity index (χ0n) is 7.68. The number of nitrogens with two attached hydrogens (primary N) is 1.